The summed E-state index contributed by atoms with van der Waals surface area (Å²) in [6, 6.07) is 8.27. The quantitative estimate of drug-likeness (QED) is 0.607. The lowest BCUT2D eigenvalue weighted by atomic mass is 10.1. The number of alkyl halides is 1. The first-order valence-electron chi connectivity index (χ1n) is 4.07. The van der Waals surface area contributed by atoms with Gasteiger partial charge in [0, 0.05) is 7.11 Å². The molecule has 1 aliphatic carbocycles. The Morgan fingerprint density at radius 2 is 2.17 bits per heavy atom. The molecule has 0 N–H and O–H groups in total. The third kappa shape index (κ3) is 1.13. The van der Waals surface area contributed by atoms with Crippen LogP contribution in [0, 0.1) is 0 Å². The normalized spacial score (nSPS) is 27.2. The van der Waals surface area contributed by atoms with Gasteiger partial charge in [0.2, 0.25) is 0 Å². The first-order valence-corrected chi connectivity index (χ1v) is 4.51. The topological polar surface area (TPSA) is 9.23 Å². The Kier molecular flexibility index (Phi) is 2.07. The zero-order chi connectivity index (χ0) is 8.55. The van der Waals surface area contributed by atoms with Crippen LogP contribution in [0.4, 0.5) is 0 Å². The van der Waals surface area contributed by atoms with Gasteiger partial charge in [-0.05, 0) is 17.5 Å². The Labute approximate surface area is 77.3 Å². The summed E-state index contributed by atoms with van der Waals surface area (Å²) in [6.07, 6.45) is 1.01. The van der Waals surface area contributed by atoms with E-state index in [1.807, 2.05) is 12.1 Å². The molecule has 12 heavy (non-hydrogen) atoms. The molecule has 2 rings (SSSR count). The zero-order valence-electron chi connectivity index (χ0n) is 6.96. The maximum Gasteiger partial charge on any atom is 0.0990 e. The molecule has 0 aliphatic heterocycles. The number of halogens is 1. The Balaban J connectivity index is 2.40. The van der Waals surface area contributed by atoms with Crippen molar-refractivity contribution in [2.24, 2.45) is 0 Å². The van der Waals surface area contributed by atoms with E-state index >= 15 is 0 Å². The highest BCUT2D eigenvalue weighted by atomic mass is 35.5. The number of ether oxygens (including phenoxy) is 1. The number of hydrogen-bond acceptors (Lipinski definition) is 1. The van der Waals surface area contributed by atoms with Crippen molar-refractivity contribution in [2.45, 2.75) is 17.9 Å². The van der Waals surface area contributed by atoms with Crippen molar-refractivity contribution in [2.75, 3.05) is 7.11 Å². The van der Waals surface area contributed by atoms with Crippen molar-refractivity contribution < 1.29 is 4.74 Å². The number of benzene rings is 1. The first-order chi connectivity index (χ1) is 5.83. The molecule has 1 aliphatic rings. The van der Waals surface area contributed by atoms with Crippen molar-refractivity contribution in [3.63, 3.8) is 0 Å². The van der Waals surface area contributed by atoms with E-state index in [1.54, 1.807) is 7.11 Å². The van der Waals surface area contributed by atoms with Crippen molar-refractivity contribution in [3.8, 4) is 0 Å². The highest BCUT2D eigenvalue weighted by Crippen LogP contribution is 2.36. The summed E-state index contributed by atoms with van der Waals surface area (Å²) in [4.78, 5) is 0. The van der Waals surface area contributed by atoms with Gasteiger partial charge in [-0.3, -0.25) is 0 Å². The van der Waals surface area contributed by atoms with Crippen LogP contribution in [-0.4, -0.2) is 12.5 Å². The lowest BCUT2D eigenvalue weighted by Gasteiger charge is -2.12. The molecule has 0 saturated heterocycles. The van der Waals surface area contributed by atoms with Crippen molar-refractivity contribution >= 4 is 11.6 Å². The molecule has 0 heterocycles. The molecule has 1 aromatic carbocycles. The van der Waals surface area contributed by atoms with E-state index in [1.165, 1.54) is 11.1 Å². The summed E-state index contributed by atoms with van der Waals surface area (Å²) < 4.78 is 5.32. The number of hydrogen-bond donors (Lipinski definition) is 0. The predicted octanol–water partition coefficient (Wildman–Crippen LogP) is 2.54. The van der Waals surface area contributed by atoms with Gasteiger partial charge in [0.15, 0.2) is 0 Å². The van der Waals surface area contributed by atoms with Crippen LogP contribution in [0.1, 0.15) is 17.2 Å². The highest BCUT2D eigenvalue weighted by Gasteiger charge is 2.30. The molecule has 1 aromatic rings. The van der Waals surface area contributed by atoms with Crippen LogP contribution in [-0.2, 0) is 11.2 Å². The minimum absolute atomic E-state index is 0.0860. The molecule has 0 spiro atoms. The fraction of sp³-hybridized carbons (Fsp3) is 0.400. The van der Waals surface area contributed by atoms with Gasteiger partial charge in [-0.1, -0.05) is 24.3 Å². The van der Waals surface area contributed by atoms with E-state index in [2.05, 4.69) is 12.1 Å². The fourth-order valence-electron chi connectivity index (χ4n) is 1.78. The summed E-state index contributed by atoms with van der Waals surface area (Å²) in [6.45, 7) is 0. The van der Waals surface area contributed by atoms with Crippen LogP contribution in [0.25, 0.3) is 0 Å². The van der Waals surface area contributed by atoms with Crippen LogP contribution in [0.15, 0.2) is 24.3 Å². The van der Waals surface area contributed by atoms with Crippen LogP contribution < -0.4 is 0 Å². The van der Waals surface area contributed by atoms with E-state index in [0.29, 0.717) is 0 Å². The van der Waals surface area contributed by atoms with Gasteiger partial charge in [0.25, 0.3) is 0 Å². The largest absolute Gasteiger partial charge is 0.375 e. The van der Waals surface area contributed by atoms with E-state index in [0.717, 1.165) is 6.42 Å². The van der Waals surface area contributed by atoms with Crippen molar-refractivity contribution in [1.29, 1.82) is 0 Å². The van der Waals surface area contributed by atoms with E-state index in [-0.39, 0.29) is 11.5 Å². The van der Waals surface area contributed by atoms with Gasteiger partial charge in [0.05, 0.1) is 11.5 Å². The first kappa shape index (κ1) is 8.09. The van der Waals surface area contributed by atoms with Gasteiger partial charge in [-0.15, -0.1) is 11.6 Å². The Morgan fingerprint density at radius 3 is 2.92 bits per heavy atom. The zero-order valence-corrected chi connectivity index (χ0v) is 7.71. The monoisotopic (exact) mass is 182 g/mol. The number of methoxy groups -OCH3 is 1. The SMILES string of the molecule is CO[C@@H]1c2ccccc2C[C@H]1Cl. The summed E-state index contributed by atoms with van der Waals surface area (Å²) in [7, 11) is 1.71. The third-order valence-electron chi connectivity index (χ3n) is 2.36. The van der Waals surface area contributed by atoms with E-state index in [9.17, 15) is 0 Å². The number of fused-ring (bicyclic) bond motifs is 1. The molecule has 64 valence electrons. The second-order valence-electron chi connectivity index (χ2n) is 3.08. The minimum Gasteiger partial charge on any atom is -0.375 e. The second-order valence-corrected chi connectivity index (χ2v) is 3.64. The van der Waals surface area contributed by atoms with Crippen LogP contribution >= 0.6 is 11.6 Å². The highest BCUT2D eigenvalue weighted by molar-refractivity contribution is 6.21. The molecule has 2 atom stereocenters. The molecule has 0 bridgehead atoms. The van der Waals surface area contributed by atoms with Gasteiger partial charge < -0.3 is 4.74 Å². The minimum atomic E-state index is 0.0860. The lowest BCUT2D eigenvalue weighted by Crippen LogP contribution is -2.08. The molecule has 0 saturated carbocycles. The smallest absolute Gasteiger partial charge is 0.0990 e. The molecule has 0 aromatic heterocycles. The van der Waals surface area contributed by atoms with Gasteiger partial charge in [-0.25, -0.2) is 0 Å². The lowest BCUT2D eigenvalue weighted by molar-refractivity contribution is 0.108. The summed E-state index contributed by atoms with van der Waals surface area (Å²) >= 11 is 6.12. The Hall–Kier alpha value is -0.530. The molecular formula is C10H11ClO. The number of rotatable bonds is 1. The van der Waals surface area contributed by atoms with Crippen molar-refractivity contribution in [3.05, 3.63) is 35.4 Å². The van der Waals surface area contributed by atoms with Crippen LogP contribution in [0.3, 0.4) is 0 Å². The molecule has 0 amide bonds. The summed E-state index contributed by atoms with van der Waals surface area (Å²) in [5.74, 6) is 0. The molecule has 0 fully saturated rings. The second kappa shape index (κ2) is 3.08. The van der Waals surface area contributed by atoms with Gasteiger partial charge in [0.1, 0.15) is 0 Å². The molecule has 2 heteroatoms. The average Bonchev–Trinajstić information content (AvgIpc) is 2.40. The summed E-state index contributed by atoms with van der Waals surface area (Å²) in [5, 5.41) is 0.104. The molecule has 0 unspecified atom stereocenters. The fourth-order valence-corrected chi connectivity index (χ4v) is 2.19. The Bertz CT molecular complexity index is 285. The van der Waals surface area contributed by atoms with E-state index in [4.69, 9.17) is 16.3 Å². The Morgan fingerprint density at radius 1 is 1.42 bits per heavy atom. The van der Waals surface area contributed by atoms with Crippen LogP contribution in [0.2, 0.25) is 0 Å². The van der Waals surface area contributed by atoms with Gasteiger partial charge in [-0.2, -0.15) is 0 Å². The predicted molar refractivity (Wildman–Crippen MR) is 49.5 cm³/mol. The van der Waals surface area contributed by atoms with Crippen LogP contribution in [0.5, 0.6) is 0 Å². The molecular weight excluding hydrogens is 172 g/mol. The maximum absolute atomic E-state index is 6.12. The van der Waals surface area contributed by atoms with E-state index < -0.39 is 0 Å². The third-order valence-corrected chi connectivity index (χ3v) is 2.74. The summed E-state index contributed by atoms with van der Waals surface area (Å²) in [5.41, 5.74) is 2.57. The molecule has 1 nitrogen and oxygen atoms in total. The maximum atomic E-state index is 6.12. The standard InChI is InChI=1S/C10H11ClO/c1-12-10-8-5-3-2-4-7(8)6-9(10)11/h2-5,9-10H,6H2,1H3/t9-,10-/m1/s1. The average molecular weight is 183 g/mol. The van der Waals surface area contributed by atoms with Crippen molar-refractivity contribution in [1.82, 2.24) is 0 Å². The van der Waals surface area contributed by atoms with Gasteiger partial charge >= 0.3 is 0 Å². The molecule has 0 radical (unpaired) electrons.